The van der Waals surface area contributed by atoms with E-state index in [1.54, 1.807) is 7.11 Å². The molecule has 0 aromatic heterocycles. The summed E-state index contributed by atoms with van der Waals surface area (Å²) in [5.41, 5.74) is 1.19. The summed E-state index contributed by atoms with van der Waals surface area (Å²) in [6.45, 7) is 4.09. The Morgan fingerprint density at radius 1 is 1.31 bits per heavy atom. The molecule has 1 aliphatic heterocycles. The largest absolute Gasteiger partial charge is 0.493 e. The monoisotopic (exact) mass is 221 g/mol. The maximum Gasteiger partial charge on any atom is 0.161 e. The van der Waals surface area contributed by atoms with Gasteiger partial charge in [-0.1, -0.05) is 6.07 Å². The fourth-order valence-electron chi connectivity index (χ4n) is 1.98. The first kappa shape index (κ1) is 11.3. The SMILES string of the molecule is COc1ccc(C)cc1O[C@@H]1CCCNC1. The highest BCUT2D eigenvalue weighted by Crippen LogP contribution is 2.29. The molecule has 16 heavy (non-hydrogen) atoms. The summed E-state index contributed by atoms with van der Waals surface area (Å²) in [4.78, 5) is 0. The van der Waals surface area contributed by atoms with Crippen LogP contribution in [0.5, 0.6) is 11.5 Å². The number of rotatable bonds is 3. The van der Waals surface area contributed by atoms with Gasteiger partial charge in [-0.15, -0.1) is 0 Å². The minimum atomic E-state index is 0.268. The maximum atomic E-state index is 5.97. The molecule has 0 radical (unpaired) electrons. The molecule has 2 rings (SSSR count). The lowest BCUT2D eigenvalue weighted by molar-refractivity contribution is 0.161. The average molecular weight is 221 g/mol. The van der Waals surface area contributed by atoms with Gasteiger partial charge in [-0.3, -0.25) is 0 Å². The average Bonchev–Trinajstić information content (AvgIpc) is 2.31. The minimum Gasteiger partial charge on any atom is -0.493 e. The number of methoxy groups -OCH3 is 1. The van der Waals surface area contributed by atoms with Crippen molar-refractivity contribution in [2.45, 2.75) is 25.9 Å². The minimum absolute atomic E-state index is 0.268. The number of piperidine rings is 1. The molecular weight excluding hydrogens is 202 g/mol. The van der Waals surface area contributed by atoms with Crippen molar-refractivity contribution in [2.75, 3.05) is 20.2 Å². The van der Waals surface area contributed by atoms with Crippen LogP contribution in [-0.2, 0) is 0 Å². The molecule has 1 saturated heterocycles. The van der Waals surface area contributed by atoms with E-state index in [0.29, 0.717) is 0 Å². The zero-order valence-electron chi connectivity index (χ0n) is 9.95. The lowest BCUT2D eigenvalue weighted by atomic mass is 10.1. The highest BCUT2D eigenvalue weighted by Gasteiger charge is 2.16. The number of benzene rings is 1. The predicted molar refractivity (Wildman–Crippen MR) is 64.3 cm³/mol. The summed E-state index contributed by atoms with van der Waals surface area (Å²) in [5, 5.41) is 3.34. The molecule has 0 bridgehead atoms. The van der Waals surface area contributed by atoms with Crippen LogP contribution in [0.2, 0.25) is 0 Å². The van der Waals surface area contributed by atoms with Crippen LogP contribution in [0, 0.1) is 6.92 Å². The first-order valence-corrected chi connectivity index (χ1v) is 5.81. The van der Waals surface area contributed by atoms with Crippen molar-refractivity contribution >= 4 is 0 Å². The van der Waals surface area contributed by atoms with Crippen LogP contribution in [0.15, 0.2) is 18.2 Å². The van der Waals surface area contributed by atoms with Gasteiger partial charge < -0.3 is 14.8 Å². The van der Waals surface area contributed by atoms with Gasteiger partial charge in [-0.2, -0.15) is 0 Å². The number of hydrogen-bond acceptors (Lipinski definition) is 3. The van der Waals surface area contributed by atoms with Crippen molar-refractivity contribution < 1.29 is 9.47 Å². The summed E-state index contributed by atoms with van der Waals surface area (Å²) in [6, 6.07) is 6.03. The van der Waals surface area contributed by atoms with E-state index in [-0.39, 0.29) is 6.10 Å². The molecule has 1 aliphatic rings. The molecule has 1 heterocycles. The van der Waals surface area contributed by atoms with Crippen molar-refractivity contribution in [1.82, 2.24) is 5.32 Å². The van der Waals surface area contributed by atoms with E-state index in [1.165, 1.54) is 12.0 Å². The zero-order chi connectivity index (χ0) is 11.4. The Morgan fingerprint density at radius 3 is 2.88 bits per heavy atom. The third kappa shape index (κ3) is 2.67. The molecule has 0 unspecified atom stereocenters. The number of nitrogens with one attached hydrogen (secondary N) is 1. The zero-order valence-corrected chi connectivity index (χ0v) is 9.95. The first-order valence-electron chi connectivity index (χ1n) is 5.81. The van der Waals surface area contributed by atoms with Crippen molar-refractivity contribution in [1.29, 1.82) is 0 Å². The van der Waals surface area contributed by atoms with Crippen molar-refractivity contribution in [3.8, 4) is 11.5 Å². The van der Waals surface area contributed by atoms with E-state index in [0.717, 1.165) is 31.0 Å². The number of ether oxygens (including phenoxy) is 2. The topological polar surface area (TPSA) is 30.5 Å². The van der Waals surface area contributed by atoms with Crippen molar-refractivity contribution in [2.24, 2.45) is 0 Å². The molecular formula is C13H19NO2. The van der Waals surface area contributed by atoms with Crippen LogP contribution in [0.4, 0.5) is 0 Å². The van der Waals surface area contributed by atoms with Gasteiger partial charge in [-0.05, 0) is 44.0 Å². The molecule has 1 atom stereocenters. The molecule has 1 aromatic rings. The van der Waals surface area contributed by atoms with Gasteiger partial charge in [0.05, 0.1) is 7.11 Å². The fraction of sp³-hybridized carbons (Fsp3) is 0.538. The van der Waals surface area contributed by atoms with E-state index in [4.69, 9.17) is 9.47 Å². The molecule has 0 spiro atoms. The van der Waals surface area contributed by atoms with Crippen LogP contribution in [-0.4, -0.2) is 26.3 Å². The van der Waals surface area contributed by atoms with Crippen LogP contribution in [0.25, 0.3) is 0 Å². The standard InChI is InChI=1S/C13H19NO2/c1-10-5-6-12(15-2)13(8-10)16-11-4-3-7-14-9-11/h5-6,8,11,14H,3-4,7,9H2,1-2H3/t11-/m1/s1. The third-order valence-corrected chi connectivity index (χ3v) is 2.86. The normalized spacial score (nSPS) is 20.5. The Labute approximate surface area is 96.8 Å². The first-order chi connectivity index (χ1) is 7.79. The summed E-state index contributed by atoms with van der Waals surface area (Å²) in [7, 11) is 1.68. The highest BCUT2D eigenvalue weighted by molar-refractivity contribution is 5.42. The van der Waals surface area contributed by atoms with Gasteiger partial charge in [0, 0.05) is 6.54 Å². The summed E-state index contributed by atoms with van der Waals surface area (Å²) >= 11 is 0. The summed E-state index contributed by atoms with van der Waals surface area (Å²) in [6.07, 6.45) is 2.56. The van der Waals surface area contributed by atoms with Crippen LogP contribution >= 0.6 is 0 Å². The quantitative estimate of drug-likeness (QED) is 0.848. The second kappa shape index (κ2) is 5.21. The van der Waals surface area contributed by atoms with Gasteiger partial charge in [0.1, 0.15) is 6.10 Å². The molecule has 88 valence electrons. The van der Waals surface area contributed by atoms with Crippen LogP contribution < -0.4 is 14.8 Å². The Kier molecular flexibility index (Phi) is 3.67. The Balaban J connectivity index is 2.09. The molecule has 0 amide bonds. The summed E-state index contributed by atoms with van der Waals surface area (Å²) < 4.78 is 11.3. The maximum absolute atomic E-state index is 5.97. The smallest absolute Gasteiger partial charge is 0.161 e. The van der Waals surface area contributed by atoms with E-state index < -0.39 is 0 Å². The van der Waals surface area contributed by atoms with Gasteiger partial charge >= 0.3 is 0 Å². The van der Waals surface area contributed by atoms with Gasteiger partial charge in [0.15, 0.2) is 11.5 Å². The van der Waals surface area contributed by atoms with E-state index in [1.807, 2.05) is 18.2 Å². The lowest BCUT2D eigenvalue weighted by Crippen LogP contribution is -2.37. The molecule has 1 fully saturated rings. The van der Waals surface area contributed by atoms with E-state index in [2.05, 4.69) is 12.2 Å². The Morgan fingerprint density at radius 2 is 2.19 bits per heavy atom. The molecule has 0 aliphatic carbocycles. The molecule has 1 aromatic carbocycles. The molecule has 0 saturated carbocycles. The Hall–Kier alpha value is -1.22. The van der Waals surface area contributed by atoms with E-state index in [9.17, 15) is 0 Å². The summed E-state index contributed by atoms with van der Waals surface area (Å²) in [5.74, 6) is 1.67. The predicted octanol–water partition coefficient (Wildman–Crippen LogP) is 2.13. The number of hydrogen-bond donors (Lipinski definition) is 1. The molecule has 3 nitrogen and oxygen atoms in total. The lowest BCUT2D eigenvalue weighted by Gasteiger charge is -2.24. The van der Waals surface area contributed by atoms with Crippen LogP contribution in [0.3, 0.4) is 0 Å². The molecule has 3 heteroatoms. The highest BCUT2D eigenvalue weighted by atomic mass is 16.5. The molecule has 1 N–H and O–H groups in total. The Bertz CT molecular complexity index is 346. The third-order valence-electron chi connectivity index (χ3n) is 2.86. The fourth-order valence-corrected chi connectivity index (χ4v) is 1.98. The number of aryl methyl sites for hydroxylation is 1. The van der Waals surface area contributed by atoms with E-state index >= 15 is 0 Å². The van der Waals surface area contributed by atoms with Gasteiger partial charge in [0.2, 0.25) is 0 Å². The van der Waals surface area contributed by atoms with Gasteiger partial charge in [-0.25, -0.2) is 0 Å². The van der Waals surface area contributed by atoms with Crippen molar-refractivity contribution in [3.05, 3.63) is 23.8 Å². The van der Waals surface area contributed by atoms with Gasteiger partial charge in [0.25, 0.3) is 0 Å². The second-order valence-electron chi connectivity index (χ2n) is 4.24. The second-order valence-corrected chi connectivity index (χ2v) is 4.24. The van der Waals surface area contributed by atoms with Crippen LogP contribution in [0.1, 0.15) is 18.4 Å². The van der Waals surface area contributed by atoms with Crippen molar-refractivity contribution in [3.63, 3.8) is 0 Å².